The van der Waals surface area contributed by atoms with Crippen LogP contribution in [0, 0.1) is 0 Å². The molecule has 2 aliphatic carbocycles. The molecule has 6 nitrogen and oxygen atoms in total. The zero-order valence-corrected chi connectivity index (χ0v) is 16.2. The number of aromatic nitrogens is 1. The molecule has 1 aromatic rings. The number of fused-ring (bicyclic) bond motifs is 3. The highest BCUT2D eigenvalue weighted by molar-refractivity contribution is 5.96. The molecule has 1 heterocycles. The van der Waals surface area contributed by atoms with Crippen molar-refractivity contribution in [3.05, 3.63) is 28.6 Å². The second-order valence-corrected chi connectivity index (χ2v) is 7.73. The van der Waals surface area contributed by atoms with Gasteiger partial charge >= 0.3 is 0 Å². The fourth-order valence-electron chi connectivity index (χ4n) is 4.20. The van der Waals surface area contributed by atoms with E-state index in [-0.39, 0.29) is 17.7 Å². The molecule has 0 fully saturated rings. The Hall–Kier alpha value is -1.92. The molecule has 3 rings (SSSR count). The minimum Gasteiger partial charge on any atom is -0.357 e. The molecule has 6 heteroatoms. The van der Waals surface area contributed by atoms with Crippen LogP contribution in [0.25, 0.3) is 6.08 Å². The maximum atomic E-state index is 12.8. The maximum absolute atomic E-state index is 12.8. The van der Waals surface area contributed by atoms with Crippen molar-refractivity contribution in [3.8, 4) is 0 Å². The van der Waals surface area contributed by atoms with Crippen LogP contribution >= 0.6 is 0 Å². The van der Waals surface area contributed by atoms with Crippen molar-refractivity contribution in [2.45, 2.75) is 63.6 Å². The quantitative estimate of drug-likeness (QED) is 0.747. The molecule has 0 spiro atoms. The summed E-state index contributed by atoms with van der Waals surface area (Å²) in [5, 5.41) is 2.98. The van der Waals surface area contributed by atoms with Crippen molar-refractivity contribution >= 4 is 17.8 Å². The van der Waals surface area contributed by atoms with Crippen molar-refractivity contribution in [1.82, 2.24) is 15.2 Å². The summed E-state index contributed by atoms with van der Waals surface area (Å²) in [7, 11) is 4.15. The molecule has 142 valence electrons. The molecule has 0 saturated carbocycles. The first-order valence-corrected chi connectivity index (χ1v) is 9.50. The van der Waals surface area contributed by atoms with Gasteiger partial charge in [-0.1, -0.05) is 13.8 Å². The van der Waals surface area contributed by atoms with E-state index in [2.05, 4.69) is 29.3 Å². The fourth-order valence-corrected chi connectivity index (χ4v) is 4.20. The highest BCUT2D eigenvalue weighted by Crippen LogP contribution is 2.38. The zero-order chi connectivity index (χ0) is 19.1. The van der Waals surface area contributed by atoms with Crippen molar-refractivity contribution < 1.29 is 9.59 Å². The molecule has 1 amide bonds. The first-order valence-electron chi connectivity index (χ1n) is 9.50. The van der Waals surface area contributed by atoms with Crippen LogP contribution in [0.1, 0.15) is 61.7 Å². The highest BCUT2D eigenvalue weighted by Gasteiger charge is 2.41. The van der Waals surface area contributed by atoms with Crippen molar-refractivity contribution in [2.24, 2.45) is 5.73 Å². The number of aromatic amines is 1. The summed E-state index contributed by atoms with van der Waals surface area (Å²) in [5.74, 6) is -0.0624. The van der Waals surface area contributed by atoms with Gasteiger partial charge in [-0.05, 0) is 50.2 Å². The van der Waals surface area contributed by atoms with Crippen LogP contribution in [0.2, 0.25) is 0 Å². The summed E-state index contributed by atoms with van der Waals surface area (Å²) in [6, 6.07) is 0.344. The molecular weight excluding hydrogens is 328 g/mol. The number of H-pyrrole nitrogens is 1. The van der Waals surface area contributed by atoms with Crippen molar-refractivity contribution in [2.75, 3.05) is 14.1 Å². The number of hydrogen-bond donors (Lipinski definition) is 3. The Balaban J connectivity index is 2.01. The number of nitrogens with two attached hydrogens (primary N) is 1. The first kappa shape index (κ1) is 18.9. The molecule has 4 N–H and O–H groups in total. The Morgan fingerprint density at radius 3 is 2.65 bits per heavy atom. The first-order chi connectivity index (χ1) is 12.3. The number of carbonyl (C=O) groups is 2. The number of rotatable bonds is 5. The van der Waals surface area contributed by atoms with Crippen LogP contribution in [0.4, 0.5) is 0 Å². The summed E-state index contributed by atoms with van der Waals surface area (Å²) in [6.07, 6.45) is 6.86. The Bertz CT molecular complexity index is 749. The van der Waals surface area contributed by atoms with E-state index in [0.717, 1.165) is 29.8 Å². The minimum absolute atomic E-state index is 0.0355. The third kappa shape index (κ3) is 3.12. The number of nitrogens with one attached hydrogen (secondary N) is 2. The van der Waals surface area contributed by atoms with Crippen LogP contribution in [0.3, 0.4) is 0 Å². The average Bonchev–Trinajstić information content (AvgIpc) is 2.99. The van der Waals surface area contributed by atoms with Crippen LogP contribution in [0.5, 0.6) is 0 Å². The van der Waals surface area contributed by atoms with E-state index in [1.54, 1.807) is 6.92 Å². The number of amides is 1. The van der Waals surface area contributed by atoms with E-state index < -0.39 is 5.54 Å². The largest absolute Gasteiger partial charge is 0.357 e. The molecule has 0 aliphatic heterocycles. The number of likely N-dealkylation sites (N-methyl/N-ethyl adjacent to an activating group) is 1. The summed E-state index contributed by atoms with van der Waals surface area (Å²) >= 11 is 0. The van der Waals surface area contributed by atoms with Crippen molar-refractivity contribution in [3.63, 3.8) is 0 Å². The molecule has 1 aromatic heterocycles. The lowest BCUT2D eigenvalue weighted by atomic mass is 9.77. The normalized spacial score (nSPS) is 27.2. The summed E-state index contributed by atoms with van der Waals surface area (Å²) in [5.41, 5.74) is 9.94. The van der Waals surface area contributed by atoms with Gasteiger partial charge in [-0.25, -0.2) is 0 Å². The minimum atomic E-state index is -0.944. The Morgan fingerprint density at radius 2 is 2.04 bits per heavy atom. The molecule has 26 heavy (non-hydrogen) atoms. The second kappa shape index (κ2) is 7.00. The van der Waals surface area contributed by atoms with Crippen LogP contribution in [-0.4, -0.2) is 47.3 Å². The highest BCUT2D eigenvalue weighted by atomic mass is 16.2. The number of Topliss-reactive ketones (excluding diaryl/α,β-unsaturated/α-hetero) is 1. The third-order valence-corrected chi connectivity index (χ3v) is 5.84. The van der Waals surface area contributed by atoms with Gasteiger partial charge in [0.2, 0.25) is 5.91 Å². The molecule has 3 unspecified atom stereocenters. The molecule has 0 saturated heterocycles. The van der Waals surface area contributed by atoms with Gasteiger partial charge in [-0.3, -0.25) is 9.59 Å². The average molecular weight is 358 g/mol. The lowest BCUT2D eigenvalue weighted by molar-refractivity contribution is -0.130. The van der Waals surface area contributed by atoms with Gasteiger partial charge in [-0.2, -0.15) is 0 Å². The molecule has 2 aliphatic rings. The van der Waals surface area contributed by atoms with E-state index in [4.69, 9.17) is 5.73 Å². The lowest BCUT2D eigenvalue weighted by Gasteiger charge is -2.35. The van der Waals surface area contributed by atoms with Crippen LogP contribution in [0.15, 0.2) is 6.08 Å². The number of hydrogen-bond acceptors (Lipinski definition) is 4. The van der Waals surface area contributed by atoms with E-state index >= 15 is 0 Å². The smallest absolute Gasteiger partial charge is 0.220 e. The third-order valence-electron chi connectivity index (χ3n) is 5.84. The number of nitrogens with zero attached hydrogens (tertiary/aromatic N) is 1. The van der Waals surface area contributed by atoms with Crippen molar-refractivity contribution in [1.29, 1.82) is 0 Å². The van der Waals surface area contributed by atoms with Gasteiger partial charge in [0.15, 0.2) is 5.78 Å². The summed E-state index contributed by atoms with van der Waals surface area (Å²) in [4.78, 5) is 30.6. The Labute approximate surface area is 155 Å². The van der Waals surface area contributed by atoms with Crippen LogP contribution < -0.4 is 11.1 Å². The summed E-state index contributed by atoms with van der Waals surface area (Å²) < 4.78 is 0. The zero-order valence-electron chi connectivity index (χ0n) is 16.2. The van der Waals surface area contributed by atoms with Gasteiger partial charge in [-0.15, -0.1) is 0 Å². The molecule has 0 radical (unpaired) electrons. The number of carbonyl (C=O) groups excluding carboxylic acids is 2. The Morgan fingerprint density at radius 1 is 1.31 bits per heavy atom. The van der Waals surface area contributed by atoms with E-state index in [1.807, 2.05) is 19.1 Å². The number of ketones is 1. The Kier molecular flexibility index (Phi) is 5.08. The predicted octanol–water partition coefficient (Wildman–Crippen LogP) is 1.70. The van der Waals surface area contributed by atoms with Crippen LogP contribution in [-0.2, 0) is 22.4 Å². The molecule has 0 aromatic carbocycles. The summed E-state index contributed by atoms with van der Waals surface area (Å²) in [6.45, 7) is 3.65. The van der Waals surface area contributed by atoms with E-state index in [0.29, 0.717) is 25.3 Å². The van der Waals surface area contributed by atoms with E-state index in [1.165, 1.54) is 5.56 Å². The molecule has 3 atom stereocenters. The maximum Gasteiger partial charge on any atom is 0.220 e. The predicted molar refractivity (Wildman–Crippen MR) is 103 cm³/mol. The van der Waals surface area contributed by atoms with E-state index in [9.17, 15) is 9.59 Å². The van der Waals surface area contributed by atoms with Gasteiger partial charge < -0.3 is 20.9 Å². The van der Waals surface area contributed by atoms with Gasteiger partial charge in [0.25, 0.3) is 0 Å². The standard InChI is InChI=1S/C20H30N4O2/c1-5-17(25)20(23-18(26)6-2)8-7-16-14(11-20)13-9-12(24(3)4)10-15(21)19(13)22-16/h7-8,12,15,22H,5-6,9-11,21H2,1-4H3,(H,23,26). The second-order valence-electron chi connectivity index (χ2n) is 7.73. The van der Waals surface area contributed by atoms with Gasteiger partial charge in [0.05, 0.1) is 0 Å². The topological polar surface area (TPSA) is 91.2 Å². The molecule has 0 bridgehead atoms. The molecular formula is C20H30N4O2. The monoisotopic (exact) mass is 358 g/mol. The van der Waals surface area contributed by atoms with Gasteiger partial charge in [0, 0.05) is 42.7 Å². The fraction of sp³-hybridized carbons (Fsp3) is 0.600. The SMILES string of the molecule is CCC(=O)NC1(C(=O)CC)C=Cc2[nH]c3c(c2C1)CC(N(C)C)CC3N. The van der Waals surface area contributed by atoms with Gasteiger partial charge in [0.1, 0.15) is 5.54 Å². The lowest BCUT2D eigenvalue weighted by Crippen LogP contribution is -2.55.